The van der Waals surface area contributed by atoms with E-state index in [2.05, 4.69) is 66.1 Å². The van der Waals surface area contributed by atoms with Gasteiger partial charge in [0.25, 0.3) is 0 Å². The first-order valence-corrected chi connectivity index (χ1v) is 23.7. The maximum atomic E-state index is 10.4. The highest BCUT2D eigenvalue weighted by Crippen LogP contribution is 2.35. The quantitative estimate of drug-likeness (QED) is 0.0861. The minimum absolute atomic E-state index is 0.0850. The molecule has 4 aromatic carbocycles. The number of hydrogen-bond acceptors (Lipinski definition) is 14. The maximum absolute atomic E-state index is 10.4. The summed E-state index contributed by atoms with van der Waals surface area (Å²) in [5, 5.41) is 29.6. The van der Waals surface area contributed by atoms with Crippen molar-refractivity contribution in [3.63, 3.8) is 0 Å². The molecule has 0 unspecified atom stereocenters. The smallest absolute Gasteiger partial charge is 0.184 e. The lowest BCUT2D eigenvalue weighted by atomic mass is 10.1. The predicted octanol–water partition coefficient (Wildman–Crippen LogP) is 9.63. The molecule has 4 heterocycles. The van der Waals surface area contributed by atoms with Crippen molar-refractivity contribution in [1.29, 1.82) is 0 Å². The molecule has 4 atom stereocenters. The Balaban J connectivity index is 0.000000162. The number of benzene rings is 4. The lowest BCUT2D eigenvalue weighted by Gasteiger charge is -2.21. The van der Waals surface area contributed by atoms with Crippen LogP contribution in [0.1, 0.15) is 75.3 Å². The molecule has 0 aliphatic heterocycles. The van der Waals surface area contributed by atoms with E-state index in [1.54, 1.807) is 51.1 Å². The summed E-state index contributed by atoms with van der Waals surface area (Å²) >= 11 is 3.29. The van der Waals surface area contributed by atoms with Gasteiger partial charge in [-0.3, -0.25) is 0 Å². The van der Waals surface area contributed by atoms with Gasteiger partial charge in [0, 0.05) is 37.4 Å². The molecule has 0 amide bonds. The van der Waals surface area contributed by atoms with Crippen LogP contribution in [0.4, 0.5) is 10.3 Å². The van der Waals surface area contributed by atoms with Gasteiger partial charge in [0.1, 0.15) is 0 Å². The number of rotatable bonds is 12. The zero-order valence-corrected chi connectivity index (χ0v) is 38.4. The number of aromatic nitrogens is 6. The minimum atomic E-state index is -0.301. The summed E-state index contributed by atoms with van der Waals surface area (Å²) < 4.78 is 28.2. The molecule has 4 N–H and O–H groups in total. The van der Waals surface area contributed by atoms with Gasteiger partial charge in [-0.25, -0.2) is 19.9 Å². The number of fused-ring (bicyclic) bond motifs is 4. The van der Waals surface area contributed by atoms with E-state index in [4.69, 9.17) is 28.9 Å². The molecule has 0 saturated heterocycles. The Hall–Kier alpha value is -5.68. The molecule has 2 fully saturated rings. The van der Waals surface area contributed by atoms with Gasteiger partial charge in [0.2, 0.25) is 0 Å². The molecule has 2 aliphatic carbocycles. The van der Waals surface area contributed by atoms with Gasteiger partial charge in [0.05, 0.1) is 108 Å². The van der Waals surface area contributed by atoms with Crippen molar-refractivity contribution >= 4 is 75.4 Å². The largest absolute Gasteiger partial charge is 0.493 e. The number of thiazole rings is 2. The molecule has 2 aliphatic rings. The number of imidazole rings is 2. The number of nitrogens with zero attached hydrogens (tertiary/aromatic N) is 6. The highest BCUT2D eigenvalue weighted by molar-refractivity contribution is 7.22. The Kier molecular flexibility index (Phi) is 13.3. The van der Waals surface area contributed by atoms with E-state index in [0.29, 0.717) is 36.1 Å². The van der Waals surface area contributed by atoms with Crippen molar-refractivity contribution in [3.8, 4) is 23.0 Å². The maximum Gasteiger partial charge on any atom is 0.184 e. The molecule has 336 valence electrons. The Morgan fingerprint density at radius 2 is 0.938 bits per heavy atom. The van der Waals surface area contributed by atoms with Crippen molar-refractivity contribution in [2.24, 2.45) is 0 Å². The SMILES string of the molecule is COc1cc2ncn(Cc3ccc4nc(N[C@@H]5CCCCC[C@@H]5O)sc4c3)c2cc1OC.COc1cc2ncn(Cc3ccc4nc(N[C@@H]5CCCCC[C@H]5O)sc4c3)c2cc1OC. The molecule has 16 heteroatoms. The summed E-state index contributed by atoms with van der Waals surface area (Å²) in [6, 6.07) is 20.6. The van der Waals surface area contributed by atoms with E-state index in [-0.39, 0.29) is 24.3 Å². The molecule has 10 rings (SSSR count). The van der Waals surface area contributed by atoms with Crippen molar-refractivity contribution < 1.29 is 29.2 Å². The Labute approximate surface area is 380 Å². The standard InChI is InChI=1S/2C24H28N4O3S/c2*1-30-21-11-18-19(12-22(21)31-2)28(14-25-18)13-15-8-9-17-23(10-15)32-24(27-17)26-16-6-4-3-5-7-20(16)29/h2*8-12,14,16,20,29H,3-7,13H2,1-2H3,(H,26,27)/t16-,20+;16-,20-/m11/s1. The Morgan fingerprint density at radius 3 is 1.36 bits per heavy atom. The molecule has 8 aromatic rings. The second-order valence-electron chi connectivity index (χ2n) is 16.7. The average Bonchev–Trinajstić information content (AvgIpc) is 4.05. The fourth-order valence-corrected chi connectivity index (χ4v) is 10.9. The van der Waals surface area contributed by atoms with E-state index in [9.17, 15) is 10.2 Å². The molecule has 0 spiro atoms. The molecular formula is C48H56N8O6S2. The van der Waals surface area contributed by atoms with Crippen LogP contribution in [0.15, 0.2) is 73.3 Å². The van der Waals surface area contributed by atoms with Crippen LogP contribution in [0.5, 0.6) is 23.0 Å². The first kappa shape index (κ1) is 43.6. The monoisotopic (exact) mass is 904 g/mol. The molecule has 0 bridgehead atoms. The molecule has 2 saturated carbocycles. The van der Waals surface area contributed by atoms with Gasteiger partial charge in [0.15, 0.2) is 33.3 Å². The van der Waals surface area contributed by atoms with Gasteiger partial charge in [-0.15, -0.1) is 0 Å². The number of anilines is 2. The summed E-state index contributed by atoms with van der Waals surface area (Å²) in [6.07, 6.45) is 13.7. The third-order valence-electron chi connectivity index (χ3n) is 12.4. The number of hydrogen-bond donors (Lipinski definition) is 4. The highest BCUT2D eigenvalue weighted by atomic mass is 32.1. The molecule has 0 radical (unpaired) electrons. The fourth-order valence-electron chi connectivity index (χ4n) is 8.90. The summed E-state index contributed by atoms with van der Waals surface area (Å²) in [5.41, 5.74) is 8.04. The number of aliphatic hydroxyl groups is 2. The normalized spacial score (nSPS) is 19.2. The zero-order chi connectivity index (χ0) is 44.2. The Morgan fingerprint density at radius 1 is 0.531 bits per heavy atom. The predicted molar refractivity (Wildman–Crippen MR) is 256 cm³/mol. The first-order chi connectivity index (χ1) is 31.3. The second kappa shape index (κ2) is 19.6. The van der Waals surface area contributed by atoms with Crippen LogP contribution in [-0.2, 0) is 13.1 Å². The van der Waals surface area contributed by atoms with Gasteiger partial charge in [-0.1, -0.05) is 73.3 Å². The summed E-state index contributed by atoms with van der Waals surface area (Å²) in [5.74, 6) is 2.73. The van der Waals surface area contributed by atoms with E-state index in [1.807, 2.05) is 36.9 Å². The van der Waals surface area contributed by atoms with Gasteiger partial charge < -0.3 is 48.9 Å². The third-order valence-corrected chi connectivity index (χ3v) is 14.3. The van der Waals surface area contributed by atoms with Gasteiger partial charge in [-0.2, -0.15) is 0 Å². The minimum Gasteiger partial charge on any atom is -0.493 e. The molecule has 4 aromatic heterocycles. The number of ether oxygens (including phenoxy) is 4. The van der Waals surface area contributed by atoms with Crippen molar-refractivity contribution in [2.75, 3.05) is 39.1 Å². The number of aliphatic hydroxyl groups excluding tert-OH is 2. The average molecular weight is 905 g/mol. The van der Waals surface area contributed by atoms with Crippen LogP contribution < -0.4 is 29.6 Å². The van der Waals surface area contributed by atoms with Gasteiger partial charge in [-0.05, 0) is 61.1 Å². The topological polar surface area (TPSA) is 163 Å². The Bertz CT molecular complexity index is 2660. The van der Waals surface area contributed by atoms with Crippen LogP contribution in [0.3, 0.4) is 0 Å². The zero-order valence-electron chi connectivity index (χ0n) is 36.8. The van der Waals surface area contributed by atoms with Gasteiger partial charge >= 0.3 is 0 Å². The molecule has 64 heavy (non-hydrogen) atoms. The fraction of sp³-hybridized carbons (Fsp3) is 0.417. The van der Waals surface area contributed by atoms with Crippen LogP contribution in [0.25, 0.3) is 42.5 Å². The van der Waals surface area contributed by atoms with Crippen molar-refractivity contribution in [3.05, 3.63) is 84.4 Å². The summed E-state index contributed by atoms with van der Waals surface area (Å²) in [4.78, 5) is 18.6. The van der Waals surface area contributed by atoms with E-state index < -0.39 is 0 Å². The lowest BCUT2D eigenvalue weighted by Crippen LogP contribution is -2.32. The molecular weight excluding hydrogens is 849 g/mol. The van der Waals surface area contributed by atoms with E-state index in [0.717, 1.165) is 104 Å². The van der Waals surface area contributed by atoms with Crippen LogP contribution in [0, 0.1) is 0 Å². The number of methoxy groups -OCH3 is 4. The van der Waals surface area contributed by atoms with E-state index in [1.165, 1.54) is 24.0 Å². The van der Waals surface area contributed by atoms with Crippen LogP contribution in [-0.4, -0.2) is 92.0 Å². The molecule has 14 nitrogen and oxygen atoms in total. The second-order valence-corrected chi connectivity index (χ2v) is 18.8. The van der Waals surface area contributed by atoms with Crippen molar-refractivity contribution in [1.82, 2.24) is 29.1 Å². The van der Waals surface area contributed by atoms with Crippen molar-refractivity contribution in [2.45, 2.75) is 102 Å². The lowest BCUT2D eigenvalue weighted by molar-refractivity contribution is 0.144. The van der Waals surface area contributed by atoms with E-state index >= 15 is 0 Å². The summed E-state index contributed by atoms with van der Waals surface area (Å²) in [7, 11) is 6.54. The number of nitrogens with one attached hydrogen (secondary N) is 2. The van der Waals surface area contributed by atoms with Crippen LogP contribution >= 0.6 is 22.7 Å². The van der Waals surface area contributed by atoms with Crippen LogP contribution in [0.2, 0.25) is 0 Å². The third kappa shape index (κ3) is 9.55. The first-order valence-electron chi connectivity index (χ1n) is 22.1. The highest BCUT2D eigenvalue weighted by Gasteiger charge is 2.24. The summed E-state index contributed by atoms with van der Waals surface area (Å²) in [6.45, 7) is 1.40.